The van der Waals surface area contributed by atoms with E-state index in [1.54, 1.807) is 11.0 Å². The van der Waals surface area contributed by atoms with Crippen molar-refractivity contribution in [3.05, 3.63) is 30.0 Å². The molecule has 6 heteroatoms. The van der Waals surface area contributed by atoms with Crippen molar-refractivity contribution in [1.82, 2.24) is 15.1 Å². The van der Waals surface area contributed by atoms with Crippen molar-refractivity contribution in [2.45, 2.75) is 19.8 Å². The number of piperidine rings is 1. The van der Waals surface area contributed by atoms with Crippen molar-refractivity contribution >= 4 is 22.8 Å². The molecule has 1 saturated heterocycles. The highest BCUT2D eigenvalue weighted by molar-refractivity contribution is 6.02. The van der Waals surface area contributed by atoms with Crippen LogP contribution in [0.2, 0.25) is 0 Å². The molecule has 116 valence electrons. The van der Waals surface area contributed by atoms with Crippen molar-refractivity contribution in [1.29, 1.82) is 0 Å². The van der Waals surface area contributed by atoms with Crippen LogP contribution < -0.4 is 0 Å². The van der Waals surface area contributed by atoms with E-state index in [-0.39, 0.29) is 18.2 Å². The molecule has 1 aliphatic rings. The van der Waals surface area contributed by atoms with Crippen molar-refractivity contribution in [3.8, 4) is 0 Å². The molecule has 1 N–H and O–H groups in total. The fraction of sp³-hybridized carbons (Fsp3) is 0.438. The molecule has 1 fully saturated rings. The lowest BCUT2D eigenvalue weighted by Gasteiger charge is -2.30. The van der Waals surface area contributed by atoms with Gasteiger partial charge < -0.3 is 9.64 Å². The molecule has 0 spiro atoms. The van der Waals surface area contributed by atoms with Crippen LogP contribution >= 0.6 is 0 Å². The van der Waals surface area contributed by atoms with Gasteiger partial charge in [-0.2, -0.15) is 5.10 Å². The number of esters is 1. The number of ether oxygens (including phenoxy) is 1. The maximum Gasteiger partial charge on any atom is 0.359 e. The summed E-state index contributed by atoms with van der Waals surface area (Å²) in [5.41, 5.74) is 0.987. The molecule has 0 aliphatic carbocycles. The van der Waals surface area contributed by atoms with Gasteiger partial charge in [0.25, 0.3) is 5.91 Å². The molecule has 1 amide bonds. The lowest BCUT2D eigenvalue weighted by atomic mass is 10.0. The molecule has 0 unspecified atom stereocenters. The second kappa shape index (κ2) is 6.17. The average Bonchev–Trinajstić information content (AvgIpc) is 2.96. The van der Waals surface area contributed by atoms with Gasteiger partial charge in [-0.3, -0.25) is 9.89 Å². The second-order valence-corrected chi connectivity index (χ2v) is 5.78. The molecule has 0 bridgehead atoms. The summed E-state index contributed by atoms with van der Waals surface area (Å²) in [5.74, 6) is -0.209. The lowest BCUT2D eigenvalue weighted by Crippen LogP contribution is -2.41. The number of aromatic amines is 1. The Bertz CT molecular complexity index is 695. The number of aromatic nitrogens is 2. The molecule has 2 aromatic rings. The normalized spacial score (nSPS) is 18.4. The predicted octanol–water partition coefficient (Wildman–Crippen LogP) is 1.98. The van der Waals surface area contributed by atoms with Gasteiger partial charge in [0, 0.05) is 18.5 Å². The van der Waals surface area contributed by atoms with Gasteiger partial charge in [-0.1, -0.05) is 25.1 Å². The molecule has 6 nitrogen and oxygen atoms in total. The molecule has 1 atom stereocenters. The molecule has 1 aliphatic heterocycles. The summed E-state index contributed by atoms with van der Waals surface area (Å²) in [6, 6.07) is 7.31. The van der Waals surface area contributed by atoms with E-state index in [1.807, 2.05) is 18.2 Å². The number of benzene rings is 1. The zero-order valence-corrected chi connectivity index (χ0v) is 12.5. The van der Waals surface area contributed by atoms with Crippen LogP contribution in [0.5, 0.6) is 0 Å². The fourth-order valence-corrected chi connectivity index (χ4v) is 2.82. The molecular weight excluding hydrogens is 282 g/mol. The van der Waals surface area contributed by atoms with Gasteiger partial charge in [-0.15, -0.1) is 0 Å². The van der Waals surface area contributed by atoms with E-state index in [2.05, 4.69) is 17.1 Å². The first-order valence-corrected chi connectivity index (χ1v) is 7.53. The van der Waals surface area contributed by atoms with Crippen molar-refractivity contribution in [3.63, 3.8) is 0 Å². The second-order valence-electron chi connectivity index (χ2n) is 5.78. The summed E-state index contributed by atoms with van der Waals surface area (Å²) < 4.78 is 5.13. The number of fused-ring (bicyclic) bond motifs is 1. The third-order valence-corrected chi connectivity index (χ3v) is 4.00. The number of H-pyrrole nitrogens is 1. The van der Waals surface area contributed by atoms with E-state index >= 15 is 0 Å². The topological polar surface area (TPSA) is 75.3 Å². The number of hydrogen-bond donors (Lipinski definition) is 1. The van der Waals surface area contributed by atoms with Gasteiger partial charge in [-0.05, 0) is 24.8 Å². The van der Waals surface area contributed by atoms with Crippen LogP contribution in [0.15, 0.2) is 24.3 Å². The first kappa shape index (κ1) is 14.6. The van der Waals surface area contributed by atoms with E-state index in [4.69, 9.17) is 4.74 Å². The zero-order chi connectivity index (χ0) is 15.5. The van der Waals surface area contributed by atoms with Crippen LogP contribution in [0.25, 0.3) is 10.9 Å². The molecule has 0 saturated carbocycles. The smallest absolute Gasteiger partial charge is 0.359 e. The minimum absolute atomic E-state index is 0.139. The molecule has 1 aromatic heterocycles. The number of hydrogen-bond acceptors (Lipinski definition) is 4. The Morgan fingerprint density at radius 1 is 1.41 bits per heavy atom. The number of nitrogens with one attached hydrogen (secondary N) is 1. The van der Waals surface area contributed by atoms with Crippen LogP contribution in [0.1, 0.15) is 30.3 Å². The SMILES string of the molecule is C[C@@H]1CCCN(C(=O)COC(=O)c2n[nH]c3ccccc23)C1. The average molecular weight is 301 g/mol. The monoisotopic (exact) mass is 301 g/mol. The maximum absolute atomic E-state index is 12.1. The zero-order valence-electron chi connectivity index (χ0n) is 12.5. The summed E-state index contributed by atoms with van der Waals surface area (Å²) in [4.78, 5) is 26.0. The summed E-state index contributed by atoms with van der Waals surface area (Å²) in [6.45, 7) is 3.38. The van der Waals surface area contributed by atoms with Gasteiger partial charge in [0.2, 0.25) is 0 Å². The molecule has 3 rings (SSSR count). The van der Waals surface area contributed by atoms with Crippen LogP contribution in [-0.2, 0) is 9.53 Å². The third-order valence-electron chi connectivity index (χ3n) is 4.00. The van der Waals surface area contributed by atoms with Crippen molar-refractivity contribution in [2.24, 2.45) is 5.92 Å². The van der Waals surface area contributed by atoms with Gasteiger partial charge in [0.05, 0.1) is 5.52 Å². The van der Waals surface area contributed by atoms with Gasteiger partial charge >= 0.3 is 5.97 Å². The van der Waals surface area contributed by atoms with Gasteiger partial charge in [0.15, 0.2) is 12.3 Å². The number of likely N-dealkylation sites (tertiary alicyclic amines) is 1. The van der Waals surface area contributed by atoms with Crippen LogP contribution in [-0.4, -0.2) is 46.7 Å². The summed E-state index contributed by atoms with van der Waals surface area (Å²) in [5, 5.41) is 7.45. The molecule has 22 heavy (non-hydrogen) atoms. The first-order chi connectivity index (χ1) is 10.6. The van der Waals surface area contributed by atoms with E-state index in [9.17, 15) is 9.59 Å². The van der Waals surface area contributed by atoms with E-state index in [1.165, 1.54) is 0 Å². The number of carbonyl (C=O) groups excluding carboxylic acids is 2. The van der Waals surface area contributed by atoms with Gasteiger partial charge in [0.1, 0.15) is 0 Å². The number of nitrogens with zero attached hydrogens (tertiary/aromatic N) is 2. The van der Waals surface area contributed by atoms with Crippen molar-refractivity contribution in [2.75, 3.05) is 19.7 Å². The lowest BCUT2D eigenvalue weighted by molar-refractivity contribution is -0.136. The van der Waals surface area contributed by atoms with Crippen LogP contribution in [0, 0.1) is 5.92 Å². The highest BCUT2D eigenvalue weighted by Crippen LogP contribution is 2.17. The Hall–Kier alpha value is -2.37. The number of para-hydroxylation sites is 1. The number of amides is 1. The molecule has 1 aromatic carbocycles. The van der Waals surface area contributed by atoms with Crippen molar-refractivity contribution < 1.29 is 14.3 Å². The number of rotatable bonds is 3. The summed E-state index contributed by atoms with van der Waals surface area (Å²) in [6.07, 6.45) is 2.15. The van der Waals surface area contributed by atoms with E-state index < -0.39 is 5.97 Å². The Labute approximate surface area is 128 Å². The fourth-order valence-electron chi connectivity index (χ4n) is 2.82. The van der Waals surface area contributed by atoms with Gasteiger partial charge in [-0.25, -0.2) is 4.79 Å². The Morgan fingerprint density at radius 2 is 2.23 bits per heavy atom. The predicted molar refractivity (Wildman–Crippen MR) is 81.4 cm³/mol. The third kappa shape index (κ3) is 2.95. The Morgan fingerprint density at radius 3 is 3.05 bits per heavy atom. The molecule has 0 radical (unpaired) electrons. The summed E-state index contributed by atoms with van der Waals surface area (Å²) >= 11 is 0. The van der Waals surface area contributed by atoms with E-state index in [0.29, 0.717) is 11.3 Å². The molecular formula is C16H19N3O3. The van der Waals surface area contributed by atoms with Crippen LogP contribution in [0.4, 0.5) is 0 Å². The standard InChI is InChI=1S/C16H19N3O3/c1-11-5-4-8-19(9-11)14(20)10-22-16(21)15-12-6-2-3-7-13(12)17-18-15/h2-3,6-7,11H,4-5,8-10H2,1H3,(H,17,18)/t11-/m1/s1. The largest absolute Gasteiger partial charge is 0.451 e. The highest BCUT2D eigenvalue weighted by Gasteiger charge is 2.23. The van der Waals surface area contributed by atoms with E-state index in [0.717, 1.165) is 31.4 Å². The minimum Gasteiger partial charge on any atom is -0.451 e. The summed E-state index contributed by atoms with van der Waals surface area (Å²) in [7, 11) is 0. The minimum atomic E-state index is -0.573. The number of carbonyl (C=O) groups is 2. The quantitative estimate of drug-likeness (QED) is 0.880. The Kier molecular flexibility index (Phi) is 4.09. The molecule has 2 heterocycles. The first-order valence-electron chi connectivity index (χ1n) is 7.53. The maximum atomic E-state index is 12.1. The van der Waals surface area contributed by atoms with Crippen LogP contribution in [0.3, 0.4) is 0 Å². The Balaban J connectivity index is 1.61. The highest BCUT2D eigenvalue weighted by atomic mass is 16.5.